The lowest BCUT2D eigenvalue weighted by molar-refractivity contribution is 0.416. The van der Waals surface area contributed by atoms with Gasteiger partial charge in [0, 0.05) is 34.9 Å². The number of benzene rings is 1. The molecule has 100 valence electrons. The second-order valence-electron chi connectivity index (χ2n) is 4.84. The van der Waals surface area contributed by atoms with Gasteiger partial charge < -0.3 is 10.2 Å². The molecule has 18 heavy (non-hydrogen) atoms. The van der Waals surface area contributed by atoms with E-state index in [1.165, 1.54) is 19.3 Å². The molecular formula is C14H20Cl2N2. The van der Waals surface area contributed by atoms with Crippen LogP contribution in [0.2, 0.25) is 10.0 Å². The third kappa shape index (κ3) is 3.78. The molecule has 0 aromatic heterocycles. The van der Waals surface area contributed by atoms with Crippen molar-refractivity contribution in [2.45, 2.75) is 32.2 Å². The van der Waals surface area contributed by atoms with Crippen LogP contribution in [0.3, 0.4) is 0 Å². The smallest absolute Gasteiger partial charge is 0.0441 e. The van der Waals surface area contributed by atoms with Gasteiger partial charge in [0.15, 0.2) is 0 Å². The Labute approximate surface area is 119 Å². The summed E-state index contributed by atoms with van der Waals surface area (Å²) < 4.78 is 0. The van der Waals surface area contributed by atoms with Crippen LogP contribution in [0.4, 0.5) is 5.69 Å². The summed E-state index contributed by atoms with van der Waals surface area (Å²) in [7, 11) is 0. The molecule has 0 spiro atoms. The molecule has 0 atom stereocenters. The highest BCUT2D eigenvalue weighted by Gasteiger charge is 2.19. The fraction of sp³-hybridized carbons (Fsp3) is 0.571. The van der Waals surface area contributed by atoms with Gasteiger partial charge in [-0.05, 0) is 44.0 Å². The van der Waals surface area contributed by atoms with Gasteiger partial charge in [0.25, 0.3) is 0 Å². The van der Waals surface area contributed by atoms with E-state index in [0.29, 0.717) is 16.1 Å². The Hall–Kier alpha value is -0.440. The lowest BCUT2D eigenvalue weighted by Gasteiger charge is -2.34. The predicted octanol–water partition coefficient (Wildman–Crippen LogP) is 3.96. The van der Waals surface area contributed by atoms with Gasteiger partial charge in [0.2, 0.25) is 0 Å². The van der Waals surface area contributed by atoms with E-state index in [0.717, 1.165) is 25.3 Å². The molecule has 1 saturated heterocycles. The highest BCUT2D eigenvalue weighted by Crippen LogP contribution is 2.27. The van der Waals surface area contributed by atoms with Crippen LogP contribution in [0.25, 0.3) is 0 Å². The first-order valence-corrected chi connectivity index (χ1v) is 7.39. The maximum absolute atomic E-state index is 6.04. The number of nitrogens with zero attached hydrogens (tertiary/aromatic N) is 1. The molecule has 0 unspecified atom stereocenters. The zero-order chi connectivity index (χ0) is 13.0. The molecule has 2 rings (SSSR count). The van der Waals surface area contributed by atoms with E-state index in [1.807, 2.05) is 12.1 Å². The van der Waals surface area contributed by atoms with Crippen molar-refractivity contribution in [3.63, 3.8) is 0 Å². The molecule has 0 aliphatic carbocycles. The first-order chi connectivity index (χ1) is 8.69. The standard InChI is InChI=1S/C14H20Cl2N2/c1-2-5-17-13-3-6-18(7-4-13)14-9-11(15)8-12(16)10-14/h8-10,13,17H,2-7H2,1H3. The first-order valence-electron chi connectivity index (χ1n) is 6.63. The Kier molecular flexibility index (Phi) is 5.16. The number of hydrogen-bond donors (Lipinski definition) is 1. The maximum atomic E-state index is 6.04. The summed E-state index contributed by atoms with van der Waals surface area (Å²) >= 11 is 12.1. The molecule has 1 aromatic carbocycles. The number of hydrogen-bond acceptors (Lipinski definition) is 2. The van der Waals surface area contributed by atoms with Crippen molar-refractivity contribution in [3.8, 4) is 0 Å². The van der Waals surface area contributed by atoms with Crippen molar-refractivity contribution < 1.29 is 0 Å². The van der Waals surface area contributed by atoms with Crippen molar-refractivity contribution in [2.24, 2.45) is 0 Å². The van der Waals surface area contributed by atoms with Gasteiger partial charge in [-0.1, -0.05) is 30.1 Å². The molecule has 1 aromatic rings. The molecule has 2 nitrogen and oxygen atoms in total. The van der Waals surface area contributed by atoms with Crippen LogP contribution in [0.15, 0.2) is 18.2 Å². The van der Waals surface area contributed by atoms with E-state index >= 15 is 0 Å². The molecule has 1 aliphatic heterocycles. The summed E-state index contributed by atoms with van der Waals surface area (Å²) in [6.45, 7) is 5.46. The fourth-order valence-corrected chi connectivity index (χ4v) is 2.93. The molecule has 4 heteroatoms. The minimum atomic E-state index is 0.663. The summed E-state index contributed by atoms with van der Waals surface area (Å²) in [4.78, 5) is 2.36. The van der Waals surface area contributed by atoms with Gasteiger partial charge in [-0.15, -0.1) is 0 Å². The van der Waals surface area contributed by atoms with Crippen LogP contribution >= 0.6 is 23.2 Å². The van der Waals surface area contributed by atoms with E-state index in [2.05, 4.69) is 17.1 Å². The largest absolute Gasteiger partial charge is 0.371 e. The second-order valence-corrected chi connectivity index (χ2v) is 5.72. The molecule has 1 N–H and O–H groups in total. The average Bonchev–Trinajstić information content (AvgIpc) is 2.36. The molecule has 0 saturated carbocycles. The zero-order valence-electron chi connectivity index (χ0n) is 10.8. The Bertz CT molecular complexity index is 367. The van der Waals surface area contributed by atoms with E-state index < -0.39 is 0 Å². The third-order valence-electron chi connectivity index (χ3n) is 3.39. The number of piperidine rings is 1. The first kappa shape index (κ1) is 14.0. The number of halogens is 2. The van der Waals surface area contributed by atoms with E-state index in [-0.39, 0.29) is 0 Å². The monoisotopic (exact) mass is 286 g/mol. The topological polar surface area (TPSA) is 15.3 Å². The fourth-order valence-electron chi connectivity index (χ4n) is 2.41. The van der Waals surface area contributed by atoms with Crippen LogP contribution in [0.1, 0.15) is 26.2 Å². The molecular weight excluding hydrogens is 267 g/mol. The van der Waals surface area contributed by atoms with Crippen LogP contribution in [-0.4, -0.2) is 25.7 Å². The SMILES string of the molecule is CCCNC1CCN(c2cc(Cl)cc(Cl)c2)CC1. The van der Waals surface area contributed by atoms with E-state index in [4.69, 9.17) is 23.2 Å². The molecule has 0 bridgehead atoms. The Morgan fingerprint density at radius 1 is 1.17 bits per heavy atom. The summed E-state index contributed by atoms with van der Waals surface area (Å²) in [5, 5.41) is 5.01. The Balaban J connectivity index is 1.92. The summed E-state index contributed by atoms with van der Waals surface area (Å²) in [6.07, 6.45) is 3.57. The van der Waals surface area contributed by atoms with Crippen molar-refractivity contribution >= 4 is 28.9 Å². The highest BCUT2D eigenvalue weighted by molar-refractivity contribution is 6.35. The normalized spacial score (nSPS) is 17.2. The van der Waals surface area contributed by atoms with Gasteiger partial charge in [0.1, 0.15) is 0 Å². The van der Waals surface area contributed by atoms with Crippen molar-refractivity contribution in [3.05, 3.63) is 28.2 Å². The molecule has 0 amide bonds. The summed E-state index contributed by atoms with van der Waals surface area (Å²) in [5.74, 6) is 0. The lowest BCUT2D eigenvalue weighted by Crippen LogP contribution is -2.42. The van der Waals surface area contributed by atoms with E-state index in [1.54, 1.807) is 6.07 Å². The van der Waals surface area contributed by atoms with Crippen LogP contribution in [0, 0.1) is 0 Å². The van der Waals surface area contributed by atoms with Gasteiger partial charge in [-0.3, -0.25) is 0 Å². The molecule has 1 aliphatic rings. The van der Waals surface area contributed by atoms with Gasteiger partial charge in [-0.2, -0.15) is 0 Å². The Morgan fingerprint density at radius 2 is 1.78 bits per heavy atom. The van der Waals surface area contributed by atoms with Crippen LogP contribution in [0.5, 0.6) is 0 Å². The average molecular weight is 287 g/mol. The zero-order valence-corrected chi connectivity index (χ0v) is 12.3. The minimum Gasteiger partial charge on any atom is -0.371 e. The minimum absolute atomic E-state index is 0.663. The molecule has 0 radical (unpaired) electrons. The lowest BCUT2D eigenvalue weighted by atomic mass is 10.0. The van der Waals surface area contributed by atoms with Crippen LogP contribution in [-0.2, 0) is 0 Å². The number of anilines is 1. The number of rotatable bonds is 4. The van der Waals surface area contributed by atoms with E-state index in [9.17, 15) is 0 Å². The van der Waals surface area contributed by atoms with Crippen molar-refractivity contribution in [1.82, 2.24) is 5.32 Å². The summed E-state index contributed by atoms with van der Waals surface area (Å²) in [6, 6.07) is 6.43. The number of nitrogens with one attached hydrogen (secondary N) is 1. The summed E-state index contributed by atoms with van der Waals surface area (Å²) in [5.41, 5.74) is 1.14. The highest BCUT2D eigenvalue weighted by atomic mass is 35.5. The van der Waals surface area contributed by atoms with Gasteiger partial charge >= 0.3 is 0 Å². The molecule has 1 fully saturated rings. The second kappa shape index (κ2) is 6.65. The third-order valence-corrected chi connectivity index (χ3v) is 3.83. The maximum Gasteiger partial charge on any atom is 0.0441 e. The predicted molar refractivity (Wildman–Crippen MR) is 80.0 cm³/mol. The molecule has 1 heterocycles. The van der Waals surface area contributed by atoms with Gasteiger partial charge in [0.05, 0.1) is 0 Å². The van der Waals surface area contributed by atoms with Crippen molar-refractivity contribution in [1.29, 1.82) is 0 Å². The van der Waals surface area contributed by atoms with Crippen molar-refractivity contribution in [2.75, 3.05) is 24.5 Å². The quantitative estimate of drug-likeness (QED) is 0.901. The van der Waals surface area contributed by atoms with Crippen LogP contribution < -0.4 is 10.2 Å². The Morgan fingerprint density at radius 3 is 2.33 bits per heavy atom. The van der Waals surface area contributed by atoms with Gasteiger partial charge in [-0.25, -0.2) is 0 Å².